The van der Waals surface area contributed by atoms with Crippen LogP contribution in [-0.4, -0.2) is 55.1 Å². The van der Waals surface area contributed by atoms with Gasteiger partial charge in [0.2, 0.25) is 5.91 Å². The summed E-state index contributed by atoms with van der Waals surface area (Å²) in [5.41, 5.74) is 5.25. The summed E-state index contributed by atoms with van der Waals surface area (Å²) in [6.07, 6.45) is 1.02. The van der Waals surface area contributed by atoms with Gasteiger partial charge in [-0.05, 0) is 28.7 Å². The number of hydrogen-bond acceptors (Lipinski definition) is 4. The number of nitrogens with zero attached hydrogens (tertiary/aromatic N) is 2. The van der Waals surface area contributed by atoms with Gasteiger partial charge in [0.25, 0.3) is 0 Å². The molecule has 0 spiro atoms. The first kappa shape index (κ1) is 19.1. The van der Waals surface area contributed by atoms with Crippen LogP contribution in [0.15, 0.2) is 48.5 Å². The number of ether oxygens (including phenoxy) is 1. The van der Waals surface area contributed by atoms with Crippen LogP contribution in [0.5, 0.6) is 0 Å². The Balaban J connectivity index is 1.29. The highest BCUT2D eigenvalue weighted by atomic mass is 16.5. The van der Waals surface area contributed by atoms with Crippen LogP contribution in [0.2, 0.25) is 0 Å². The van der Waals surface area contributed by atoms with Crippen molar-refractivity contribution in [3.63, 3.8) is 0 Å². The van der Waals surface area contributed by atoms with E-state index >= 15 is 0 Å². The van der Waals surface area contributed by atoms with Crippen molar-refractivity contribution in [3.05, 3.63) is 70.8 Å². The van der Waals surface area contributed by atoms with Gasteiger partial charge in [0.1, 0.15) is 0 Å². The summed E-state index contributed by atoms with van der Waals surface area (Å²) in [7, 11) is 0. The minimum atomic E-state index is 0.0977. The number of carbonyl (C=O) groups is 1. The van der Waals surface area contributed by atoms with Crippen LogP contribution >= 0.6 is 0 Å². The van der Waals surface area contributed by atoms with Crippen molar-refractivity contribution < 1.29 is 9.53 Å². The third kappa shape index (κ3) is 4.98. The van der Waals surface area contributed by atoms with Gasteiger partial charge in [-0.3, -0.25) is 14.6 Å². The molecule has 2 aliphatic heterocycles. The van der Waals surface area contributed by atoms with Gasteiger partial charge in [0, 0.05) is 39.3 Å². The molecule has 4 rings (SSSR count). The van der Waals surface area contributed by atoms with Crippen LogP contribution in [0.1, 0.15) is 22.3 Å². The van der Waals surface area contributed by atoms with Crippen LogP contribution in [0, 0.1) is 0 Å². The number of carbonyl (C=O) groups excluding carboxylic acids is 1. The largest absolute Gasteiger partial charge is 0.379 e. The molecule has 5 nitrogen and oxygen atoms in total. The second-order valence-electron chi connectivity index (χ2n) is 7.66. The standard InChI is InChI=1S/C23H29N3O2/c27-23(18-26-10-9-19-5-1-3-7-21(19)17-26)24-15-20-6-2-4-8-22(20)16-25-11-13-28-14-12-25/h1-8H,9-18H2,(H,24,27). The fourth-order valence-electron chi connectivity index (χ4n) is 4.03. The molecular formula is C23H29N3O2. The van der Waals surface area contributed by atoms with Crippen molar-refractivity contribution in [2.45, 2.75) is 26.1 Å². The van der Waals surface area contributed by atoms with Gasteiger partial charge in [-0.1, -0.05) is 48.5 Å². The van der Waals surface area contributed by atoms with Crippen molar-refractivity contribution in [1.29, 1.82) is 0 Å². The molecule has 0 saturated carbocycles. The average Bonchev–Trinajstić information content (AvgIpc) is 2.74. The summed E-state index contributed by atoms with van der Waals surface area (Å²) in [6.45, 7) is 7.31. The smallest absolute Gasteiger partial charge is 0.234 e. The van der Waals surface area contributed by atoms with Gasteiger partial charge in [-0.25, -0.2) is 0 Å². The molecule has 28 heavy (non-hydrogen) atoms. The first-order valence-corrected chi connectivity index (χ1v) is 10.2. The Hall–Kier alpha value is -2.21. The SMILES string of the molecule is O=C(CN1CCc2ccccc2C1)NCc1ccccc1CN1CCOCC1. The van der Waals surface area contributed by atoms with Crippen molar-refractivity contribution in [3.8, 4) is 0 Å². The maximum atomic E-state index is 12.5. The first-order valence-electron chi connectivity index (χ1n) is 10.2. The second kappa shape index (κ2) is 9.32. The predicted molar refractivity (Wildman–Crippen MR) is 110 cm³/mol. The maximum absolute atomic E-state index is 12.5. The second-order valence-corrected chi connectivity index (χ2v) is 7.66. The highest BCUT2D eigenvalue weighted by Crippen LogP contribution is 2.18. The molecule has 0 aliphatic carbocycles. The fourth-order valence-corrected chi connectivity index (χ4v) is 4.03. The average molecular weight is 380 g/mol. The number of benzene rings is 2. The van der Waals surface area contributed by atoms with E-state index in [4.69, 9.17) is 4.74 Å². The van der Waals surface area contributed by atoms with Gasteiger partial charge in [-0.15, -0.1) is 0 Å². The summed E-state index contributed by atoms with van der Waals surface area (Å²) >= 11 is 0. The fraction of sp³-hybridized carbons (Fsp3) is 0.435. The molecule has 1 fully saturated rings. The zero-order chi connectivity index (χ0) is 19.2. The summed E-state index contributed by atoms with van der Waals surface area (Å²) in [6, 6.07) is 16.9. The Bertz CT molecular complexity index is 802. The Morgan fingerprint density at radius 2 is 1.61 bits per heavy atom. The summed E-state index contributed by atoms with van der Waals surface area (Å²) < 4.78 is 5.44. The van der Waals surface area contributed by atoms with E-state index in [1.807, 2.05) is 6.07 Å². The van der Waals surface area contributed by atoms with Gasteiger partial charge >= 0.3 is 0 Å². The summed E-state index contributed by atoms with van der Waals surface area (Å²) in [5, 5.41) is 3.12. The minimum absolute atomic E-state index is 0.0977. The van der Waals surface area contributed by atoms with Crippen LogP contribution in [-0.2, 0) is 35.6 Å². The lowest BCUT2D eigenvalue weighted by molar-refractivity contribution is -0.122. The highest BCUT2D eigenvalue weighted by Gasteiger charge is 2.18. The molecule has 2 heterocycles. The number of morpholine rings is 1. The molecule has 148 valence electrons. The molecule has 2 aromatic rings. The van der Waals surface area contributed by atoms with E-state index in [-0.39, 0.29) is 5.91 Å². The van der Waals surface area contributed by atoms with Gasteiger partial charge in [-0.2, -0.15) is 0 Å². The molecule has 1 N–H and O–H groups in total. The van der Waals surface area contributed by atoms with Crippen molar-refractivity contribution >= 4 is 5.91 Å². The molecule has 0 atom stereocenters. The maximum Gasteiger partial charge on any atom is 0.234 e. The van der Waals surface area contributed by atoms with Crippen LogP contribution in [0.3, 0.4) is 0 Å². The lowest BCUT2D eigenvalue weighted by Crippen LogP contribution is -2.40. The van der Waals surface area contributed by atoms with E-state index in [1.165, 1.54) is 22.3 Å². The van der Waals surface area contributed by atoms with E-state index in [1.54, 1.807) is 0 Å². The van der Waals surface area contributed by atoms with Crippen molar-refractivity contribution in [2.75, 3.05) is 39.4 Å². The molecular weight excluding hydrogens is 350 g/mol. The van der Waals surface area contributed by atoms with Crippen LogP contribution < -0.4 is 5.32 Å². The minimum Gasteiger partial charge on any atom is -0.379 e. The first-order chi connectivity index (χ1) is 13.8. The Kier molecular flexibility index (Phi) is 6.37. The van der Waals surface area contributed by atoms with E-state index in [0.29, 0.717) is 13.1 Å². The van der Waals surface area contributed by atoms with Crippen molar-refractivity contribution in [1.82, 2.24) is 15.1 Å². The number of fused-ring (bicyclic) bond motifs is 1. The lowest BCUT2D eigenvalue weighted by atomic mass is 10.00. The zero-order valence-corrected chi connectivity index (χ0v) is 16.4. The zero-order valence-electron chi connectivity index (χ0n) is 16.4. The third-order valence-electron chi connectivity index (χ3n) is 5.67. The Morgan fingerprint density at radius 3 is 2.43 bits per heavy atom. The van der Waals surface area contributed by atoms with Crippen LogP contribution in [0.25, 0.3) is 0 Å². The predicted octanol–water partition coefficient (Wildman–Crippen LogP) is 2.19. The summed E-state index contributed by atoms with van der Waals surface area (Å²) in [4.78, 5) is 17.2. The van der Waals surface area contributed by atoms with Gasteiger partial charge in [0.05, 0.1) is 19.8 Å². The molecule has 2 aliphatic rings. The number of hydrogen-bond donors (Lipinski definition) is 1. The topological polar surface area (TPSA) is 44.8 Å². The van der Waals surface area contributed by atoms with E-state index < -0.39 is 0 Å². The van der Waals surface area contributed by atoms with E-state index in [2.05, 4.69) is 57.6 Å². The Morgan fingerprint density at radius 1 is 0.893 bits per heavy atom. The Labute approximate surface area is 167 Å². The normalized spacial score (nSPS) is 17.9. The molecule has 0 radical (unpaired) electrons. The molecule has 0 bridgehead atoms. The third-order valence-corrected chi connectivity index (χ3v) is 5.67. The van der Waals surface area contributed by atoms with Gasteiger partial charge in [0.15, 0.2) is 0 Å². The molecule has 5 heteroatoms. The highest BCUT2D eigenvalue weighted by molar-refractivity contribution is 5.78. The molecule has 0 unspecified atom stereocenters. The summed E-state index contributed by atoms with van der Waals surface area (Å²) in [5.74, 6) is 0.0977. The molecule has 2 aromatic carbocycles. The molecule has 1 saturated heterocycles. The lowest BCUT2D eigenvalue weighted by Gasteiger charge is -2.28. The van der Waals surface area contributed by atoms with Gasteiger partial charge < -0.3 is 10.1 Å². The number of amides is 1. The molecule has 1 amide bonds. The van der Waals surface area contributed by atoms with E-state index in [0.717, 1.165) is 52.4 Å². The van der Waals surface area contributed by atoms with Crippen molar-refractivity contribution in [2.24, 2.45) is 0 Å². The molecule has 0 aromatic heterocycles. The quantitative estimate of drug-likeness (QED) is 0.836. The van der Waals surface area contributed by atoms with Crippen LogP contribution in [0.4, 0.5) is 0 Å². The number of nitrogens with one attached hydrogen (secondary N) is 1. The monoisotopic (exact) mass is 379 g/mol. The number of rotatable bonds is 6. The van der Waals surface area contributed by atoms with E-state index in [9.17, 15) is 4.79 Å².